The van der Waals surface area contributed by atoms with Crippen LogP contribution < -0.4 is 0 Å². The van der Waals surface area contributed by atoms with Crippen molar-refractivity contribution >= 4 is 12.4 Å². The van der Waals surface area contributed by atoms with Crippen molar-refractivity contribution in [2.24, 2.45) is 0 Å². The van der Waals surface area contributed by atoms with Gasteiger partial charge in [-0.1, -0.05) is 0 Å². The van der Waals surface area contributed by atoms with E-state index in [1.165, 1.54) is 6.07 Å². The Labute approximate surface area is 73.9 Å². The molecule has 0 aliphatic heterocycles. The lowest BCUT2D eigenvalue weighted by molar-refractivity contribution is -0.124. The number of aliphatic hydroxyl groups excluding tert-OH is 1. The highest BCUT2D eigenvalue weighted by Gasteiger charge is 2.14. The highest BCUT2D eigenvalue weighted by atomic mass is 16.6. The van der Waals surface area contributed by atoms with Crippen molar-refractivity contribution < 1.29 is 23.8 Å². The van der Waals surface area contributed by atoms with E-state index in [0.717, 1.165) is 0 Å². The quantitative estimate of drug-likeness (QED) is 0.417. The molecule has 5 nitrogen and oxygen atoms in total. The SMILES string of the molecule is Cc1oc(C(=O)OC=O)cc1CO. The number of rotatable bonds is 3. The van der Waals surface area contributed by atoms with Gasteiger partial charge in [0, 0.05) is 5.56 Å². The molecule has 0 unspecified atom stereocenters. The monoisotopic (exact) mass is 184 g/mol. The van der Waals surface area contributed by atoms with Crippen molar-refractivity contribution in [2.75, 3.05) is 0 Å². The molecule has 5 heteroatoms. The topological polar surface area (TPSA) is 76.7 Å². The van der Waals surface area contributed by atoms with Gasteiger partial charge in [0.2, 0.25) is 5.76 Å². The summed E-state index contributed by atoms with van der Waals surface area (Å²) >= 11 is 0. The lowest BCUT2D eigenvalue weighted by atomic mass is 10.2. The summed E-state index contributed by atoms with van der Waals surface area (Å²) in [6, 6.07) is 1.33. The number of esters is 1. The van der Waals surface area contributed by atoms with Crippen molar-refractivity contribution in [1.82, 2.24) is 0 Å². The molecule has 1 aromatic heterocycles. The Morgan fingerprint density at radius 2 is 2.46 bits per heavy atom. The molecular weight excluding hydrogens is 176 g/mol. The van der Waals surface area contributed by atoms with Crippen LogP contribution in [-0.4, -0.2) is 17.5 Å². The Morgan fingerprint density at radius 1 is 1.77 bits per heavy atom. The number of furan rings is 1. The second-order valence-corrected chi connectivity index (χ2v) is 2.35. The summed E-state index contributed by atoms with van der Waals surface area (Å²) in [5.41, 5.74) is 0.498. The van der Waals surface area contributed by atoms with Crippen molar-refractivity contribution in [3.8, 4) is 0 Å². The molecule has 1 N–H and O–H groups in total. The Hall–Kier alpha value is -1.62. The minimum Gasteiger partial charge on any atom is -0.454 e. The maximum absolute atomic E-state index is 10.9. The zero-order chi connectivity index (χ0) is 9.84. The summed E-state index contributed by atoms with van der Waals surface area (Å²) in [6.45, 7) is 1.41. The average Bonchev–Trinajstić information content (AvgIpc) is 2.47. The van der Waals surface area contributed by atoms with Gasteiger partial charge in [-0.05, 0) is 13.0 Å². The Balaban J connectivity index is 2.89. The molecule has 0 amide bonds. The zero-order valence-electron chi connectivity index (χ0n) is 6.94. The standard InChI is InChI=1S/C8H8O5/c1-5-6(3-9)2-7(13-5)8(11)12-4-10/h2,4,9H,3H2,1H3. The molecule has 1 rings (SSSR count). The van der Waals surface area contributed by atoms with E-state index in [-0.39, 0.29) is 18.8 Å². The predicted octanol–water partition coefficient (Wildman–Crippen LogP) is 0.394. The fourth-order valence-corrected chi connectivity index (χ4v) is 0.879. The number of hydrogen-bond donors (Lipinski definition) is 1. The molecule has 0 atom stereocenters. The van der Waals surface area contributed by atoms with Gasteiger partial charge in [0.15, 0.2) is 0 Å². The maximum atomic E-state index is 10.9. The lowest BCUT2D eigenvalue weighted by Crippen LogP contribution is -2.01. The van der Waals surface area contributed by atoms with E-state index in [1.807, 2.05) is 0 Å². The molecule has 13 heavy (non-hydrogen) atoms. The molecule has 0 radical (unpaired) electrons. The van der Waals surface area contributed by atoms with Crippen LogP contribution in [0.15, 0.2) is 10.5 Å². The lowest BCUT2D eigenvalue weighted by Gasteiger charge is -1.89. The summed E-state index contributed by atoms with van der Waals surface area (Å²) in [5.74, 6) is -0.521. The second-order valence-electron chi connectivity index (χ2n) is 2.35. The number of hydrogen-bond acceptors (Lipinski definition) is 5. The number of aryl methyl sites for hydroxylation is 1. The van der Waals surface area contributed by atoms with E-state index >= 15 is 0 Å². The zero-order valence-corrected chi connectivity index (χ0v) is 6.94. The van der Waals surface area contributed by atoms with Crippen LogP contribution in [0.4, 0.5) is 0 Å². The third-order valence-electron chi connectivity index (χ3n) is 1.55. The van der Waals surface area contributed by atoms with Crippen LogP contribution in [-0.2, 0) is 16.1 Å². The van der Waals surface area contributed by atoms with Gasteiger partial charge in [-0.15, -0.1) is 0 Å². The smallest absolute Gasteiger partial charge is 0.381 e. The first-order valence-corrected chi connectivity index (χ1v) is 3.54. The van der Waals surface area contributed by atoms with Crippen molar-refractivity contribution in [2.45, 2.75) is 13.5 Å². The number of carbonyl (C=O) groups excluding carboxylic acids is 2. The summed E-state index contributed by atoms with van der Waals surface area (Å²) in [6.07, 6.45) is 0. The molecule has 0 saturated heterocycles. The minimum atomic E-state index is -0.863. The Bertz CT molecular complexity index is 325. The van der Waals surface area contributed by atoms with Crippen molar-refractivity contribution in [3.63, 3.8) is 0 Å². The van der Waals surface area contributed by atoms with Gasteiger partial charge < -0.3 is 14.3 Å². The molecule has 1 heterocycles. The molecule has 0 fully saturated rings. The highest BCUT2D eigenvalue weighted by Crippen LogP contribution is 2.14. The molecule has 0 bridgehead atoms. The number of aliphatic hydroxyl groups is 1. The maximum Gasteiger partial charge on any atom is 0.381 e. The summed E-state index contributed by atoms with van der Waals surface area (Å²) in [7, 11) is 0. The Morgan fingerprint density at radius 3 is 2.92 bits per heavy atom. The minimum absolute atomic E-state index is 0.0266. The van der Waals surface area contributed by atoms with E-state index in [1.54, 1.807) is 6.92 Å². The Kier molecular flexibility index (Phi) is 2.81. The molecular formula is C8H8O5. The van der Waals surface area contributed by atoms with Crippen LogP contribution in [0.25, 0.3) is 0 Å². The third kappa shape index (κ3) is 1.94. The van der Waals surface area contributed by atoms with Gasteiger partial charge in [-0.25, -0.2) is 4.79 Å². The van der Waals surface area contributed by atoms with Crippen molar-refractivity contribution in [1.29, 1.82) is 0 Å². The summed E-state index contributed by atoms with van der Waals surface area (Å²) in [5, 5.41) is 8.76. The molecule has 0 spiro atoms. The summed E-state index contributed by atoms with van der Waals surface area (Å²) in [4.78, 5) is 20.7. The van der Waals surface area contributed by atoms with Gasteiger partial charge in [0.25, 0.3) is 0 Å². The van der Waals surface area contributed by atoms with Gasteiger partial charge in [0.1, 0.15) is 5.76 Å². The predicted molar refractivity (Wildman–Crippen MR) is 40.8 cm³/mol. The van der Waals surface area contributed by atoms with Gasteiger partial charge in [-0.3, -0.25) is 4.79 Å². The number of carbonyl (C=O) groups is 2. The van der Waals surface area contributed by atoms with Crippen LogP contribution in [0, 0.1) is 6.92 Å². The molecule has 0 aromatic carbocycles. The van der Waals surface area contributed by atoms with E-state index in [2.05, 4.69) is 4.74 Å². The molecule has 0 saturated carbocycles. The van der Waals surface area contributed by atoms with Crippen molar-refractivity contribution in [3.05, 3.63) is 23.2 Å². The van der Waals surface area contributed by atoms with Crippen LogP contribution in [0.2, 0.25) is 0 Å². The first kappa shape index (κ1) is 9.47. The second kappa shape index (κ2) is 3.86. The normalized spacial score (nSPS) is 9.69. The van der Waals surface area contributed by atoms with Crippen LogP contribution in [0.1, 0.15) is 21.9 Å². The number of ether oxygens (including phenoxy) is 1. The molecule has 0 aliphatic rings. The average molecular weight is 184 g/mol. The fourth-order valence-electron chi connectivity index (χ4n) is 0.879. The van der Waals surface area contributed by atoms with Gasteiger partial charge >= 0.3 is 12.4 Å². The van der Waals surface area contributed by atoms with E-state index < -0.39 is 5.97 Å². The molecule has 0 aliphatic carbocycles. The third-order valence-corrected chi connectivity index (χ3v) is 1.55. The highest BCUT2D eigenvalue weighted by molar-refractivity contribution is 5.90. The van der Waals surface area contributed by atoms with E-state index in [9.17, 15) is 9.59 Å². The van der Waals surface area contributed by atoms with Gasteiger partial charge in [0.05, 0.1) is 6.61 Å². The van der Waals surface area contributed by atoms with Crippen LogP contribution in [0.3, 0.4) is 0 Å². The summed E-state index contributed by atoms with van der Waals surface area (Å²) < 4.78 is 8.97. The molecule has 1 aromatic rings. The van der Waals surface area contributed by atoms with Crippen LogP contribution in [0.5, 0.6) is 0 Å². The van der Waals surface area contributed by atoms with Gasteiger partial charge in [-0.2, -0.15) is 0 Å². The first-order chi connectivity index (χ1) is 6.19. The largest absolute Gasteiger partial charge is 0.454 e. The van der Waals surface area contributed by atoms with E-state index in [4.69, 9.17) is 9.52 Å². The van der Waals surface area contributed by atoms with Crippen LogP contribution >= 0.6 is 0 Å². The molecule has 70 valence electrons. The fraction of sp³-hybridized carbons (Fsp3) is 0.250. The van der Waals surface area contributed by atoms with E-state index in [0.29, 0.717) is 11.3 Å². The first-order valence-electron chi connectivity index (χ1n) is 3.54.